The minimum atomic E-state index is -4.01. The molecule has 0 heterocycles. The summed E-state index contributed by atoms with van der Waals surface area (Å²) in [6.45, 7) is 5.25. The number of aryl methyl sites for hydroxylation is 3. The van der Waals surface area contributed by atoms with Crippen molar-refractivity contribution in [3.8, 4) is 11.5 Å². The number of benzene rings is 3. The van der Waals surface area contributed by atoms with Crippen LogP contribution in [0.1, 0.15) is 22.3 Å². The number of anilines is 1. The second-order valence-corrected chi connectivity index (χ2v) is 9.86. The highest BCUT2D eigenvalue weighted by molar-refractivity contribution is 7.92. The summed E-state index contributed by atoms with van der Waals surface area (Å²) >= 11 is 0. The normalized spacial score (nSPS) is 11.3. The molecule has 0 saturated carbocycles. The first-order valence-electron chi connectivity index (χ1n) is 10.9. The van der Waals surface area contributed by atoms with Crippen LogP contribution in [0.2, 0.25) is 0 Å². The van der Waals surface area contributed by atoms with Gasteiger partial charge in [-0.05, 0) is 74.4 Å². The minimum Gasteiger partial charge on any atom is -0.497 e. The lowest BCUT2D eigenvalue weighted by Crippen LogP contribution is -2.39. The third-order valence-electron chi connectivity index (χ3n) is 5.50. The molecule has 3 aromatic rings. The number of ether oxygens (including phenoxy) is 2. The molecule has 184 valence electrons. The van der Waals surface area contributed by atoms with E-state index in [2.05, 4.69) is 10.5 Å². The predicted octanol–water partition coefficient (Wildman–Crippen LogP) is 3.97. The average Bonchev–Trinajstić information content (AvgIpc) is 2.84. The molecule has 3 aromatic carbocycles. The maximum atomic E-state index is 13.5. The van der Waals surface area contributed by atoms with Gasteiger partial charge in [-0.15, -0.1) is 0 Å². The molecule has 0 radical (unpaired) electrons. The zero-order valence-corrected chi connectivity index (χ0v) is 21.2. The van der Waals surface area contributed by atoms with E-state index in [1.807, 2.05) is 26.8 Å². The maximum Gasteiger partial charge on any atom is 0.264 e. The Bertz CT molecular complexity index is 1340. The monoisotopic (exact) mass is 495 g/mol. The minimum absolute atomic E-state index is 0.0961. The largest absolute Gasteiger partial charge is 0.497 e. The van der Waals surface area contributed by atoms with Crippen LogP contribution < -0.4 is 19.2 Å². The fraction of sp³-hybridized carbons (Fsp3) is 0.231. The zero-order valence-electron chi connectivity index (χ0n) is 20.4. The Morgan fingerprint density at radius 3 is 2.29 bits per heavy atom. The Labute approximate surface area is 206 Å². The zero-order chi connectivity index (χ0) is 25.6. The van der Waals surface area contributed by atoms with Gasteiger partial charge in [0.25, 0.3) is 15.9 Å². The number of carbonyl (C=O) groups excluding carboxylic acids is 1. The highest BCUT2D eigenvalue weighted by Gasteiger charge is 2.27. The van der Waals surface area contributed by atoms with Gasteiger partial charge in [0.05, 0.1) is 31.0 Å². The van der Waals surface area contributed by atoms with Gasteiger partial charge in [0, 0.05) is 5.56 Å². The fourth-order valence-electron chi connectivity index (χ4n) is 3.31. The van der Waals surface area contributed by atoms with Crippen LogP contribution in [0.25, 0.3) is 0 Å². The number of hydrogen-bond acceptors (Lipinski definition) is 6. The molecule has 8 nitrogen and oxygen atoms in total. The Morgan fingerprint density at radius 1 is 0.943 bits per heavy atom. The van der Waals surface area contributed by atoms with Crippen LogP contribution in [-0.4, -0.2) is 41.3 Å². The molecule has 35 heavy (non-hydrogen) atoms. The number of hydrazone groups is 1. The number of hydrogen-bond donors (Lipinski definition) is 1. The van der Waals surface area contributed by atoms with E-state index < -0.39 is 22.5 Å². The van der Waals surface area contributed by atoms with E-state index in [0.717, 1.165) is 21.0 Å². The average molecular weight is 496 g/mol. The van der Waals surface area contributed by atoms with Crippen molar-refractivity contribution < 1.29 is 22.7 Å². The predicted molar refractivity (Wildman–Crippen MR) is 137 cm³/mol. The number of nitrogens with zero attached hydrogens (tertiary/aromatic N) is 2. The van der Waals surface area contributed by atoms with Gasteiger partial charge in [-0.3, -0.25) is 9.10 Å². The first-order chi connectivity index (χ1) is 16.6. The summed E-state index contributed by atoms with van der Waals surface area (Å²) in [6, 6.07) is 16.9. The summed E-state index contributed by atoms with van der Waals surface area (Å²) in [6.07, 6.45) is 1.41. The van der Waals surface area contributed by atoms with E-state index in [0.29, 0.717) is 22.7 Å². The molecule has 0 aromatic heterocycles. The second kappa shape index (κ2) is 11.1. The number of carbonyl (C=O) groups is 1. The van der Waals surface area contributed by atoms with Crippen molar-refractivity contribution in [2.24, 2.45) is 5.10 Å². The molecular formula is C26H29N3O5S. The van der Waals surface area contributed by atoms with E-state index >= 15 is 0 Å². The third-order valence-corrected chi connectivity index (χ3v) is 7.29. The van der Waals surface area contributed by atoms with Crippen LogP contribution in [-0.2, 0) is 14.8 Å². The Hall–Kier alpha value is -3.85. The molecule has 9 heteroatoms. The summed E-state index contributed by atoms with van der Waals surface area (Å²) in [7, 11) is -0.943. The number of sulfonamides is 1. The SMILES string of the molecule is COc1ccc(OC)c(/C=N\NC(=O)CN(c2ccc(C)c(C)c2)S(=O)(=O)c2ccc(C)cc2)c1. The topological polar surface area (TPSA) is 97.3 Å². The number of amides is 1. The smallest absolute Gasteiger partial charge is 0.264 e. The highest BCUT2D eigenvalue weighted by atomic mass is 32.2. The molecule has 3 rings (SSSR count). The first-order valence-corrected chi connectivity index (χ1v) is 12.3. The standard InChI is InChI=1S/C26H29N3O5S/c1-18-6-11-24(12-7-18)35(31,32)29(22-9-8-19(2)20(3)14-22)17-26(30)28-27-16-21-15-23(33-4)10-13-25(21)34-5/h6-16H,17H2,1-5H3,(H,28,30)/b27-16-. The van der Waals surface area contributed by atoms with Gasteiger partial charge in [0.2, 0.25) is 0 Å². The third kappa shape index (κ3) is 6.19. The lowest BCUT2D eigenvalue weighted by molar-refractivity contribution is -0.119. The van der Waals surface area contributed by atoms with E-state index in [1.54, 1.807) is 49.6 Å². The van der Waals surface area contributed by atoms with E-state index in [9.17, 15) is 13.2 Å². The molecule has 0 aliphatic heterocycles. The molecule has 1 N–H and O–H groups in total. The first kappa shape index (κ1) is 25.8. The Balaban J connectivity index is 1.88. The molecule has 0 fully saturated rings. The van der Waals surface area contributed by atoms with Crippen molar-refractivity contribution in [3.63, 3.8) is 0 Å². The molecule has 0 unspecified atom stereocenters. The molecular weight excluding hydrogens is 466 g/mol. The molecule has 1 amide bonds. The van der Waals surface area contributed by atoms with Gasteiger partial charge in [0.15, 0.2) is 0 Å². The van der Waals surface area contributed by atoms with Gasteiger partial charge in [-0.2, -0.15) is 5.10 Å². The lowest BCUT2D eigenvalue weighted by Gasteiger charge is -2.24. The van der Waals surface area contributed by atoms with Crippen molar-refractivity contribution in [3.05, 3.63) is 82.9 Å². The summed E-state index contributed by atoms with van der Waals surface area (Å²) < 4.78 is 38.6. The van der Waals surface area contributed by atoms with Crippen LogP contribution in [0.3, 0.4) is 0 Å². The van der Waals surface area contributed by atoms with Crippen molar-refractivity contribution in [2.75, 3.05) is 25.1 Å². The van der Waals surface area contributed by atoms with Crippen molar-refractivity contribution in [1.29, 1.82) is 0 Å². The van der Waals surface area contributed by atoms with Crippen molar-refractivity contribution in [2.45, 2.75) is 25.7 Å². The summed E-state index contributed by atoms with van der Waals surface area (Å²) in [4.78, 5) is 12.9. The fourth-order valence-corrected chi connectivity index (χ4v) is 4.73. The quantitative estimate of drug-likeness (QED) is 0.358. The maximum absolute atomic E-state index is 13.5. The molecule has 0 saturated heterocycles. The molecule has 0 aliphatic rings. The van der Waals surface area contributed by atoms with E-state index in [4.69, 9.17) is 9.47 Å². The van der Waals surface area contributed by atoms with E-state index in [-0.39, 0.29) is 4.90 Å². The second-order valence-electron chi connectivity index (χ2n) is 7.99. The Morgan fingerprint density at radius 2 is 1.66 bits per heavy atom. The van der Waals surface area contributed by atoms with E-state index in [1.165, 1.54) is 25.5 Å². The molecule has 0 atom stereocenters. The summed E-state index contributed by atoms with van der Waals surface area (Å²) in [5.41, 5.74) is 6.25. The molecule has 0 aliphatic carbocycles. The number of nitrogens with one attached hydrogen (secondary N) is 1. The molecule has 0 bridgehead atoms. The van der Waals surface area contributed by atoms with Gasteiger partial charge >= 0.3 is 0 Å². The summed E-state index contributed by atoms with van der Waals surface area (Å²) in [5, 5.41) is 3.99. The van der Waals surface area contributed by atoms with Crippen molar-refractivity contribution in [1.82, 2.24) is 5.43 Å². The van der Waals surface area contributed by atoms with Gasteiger partial charge in [-0.25, -0.2) is 13.8 Å². The van der Waals surface area contributed by atoms with Crippen LogP contribution in [0.4, 0.5) is 5.69 Å². The lowest BCUT2D eigenvalue weighted by atomic mass is 10.1. The van der Waals surface area contributed by atoms with Crippen LogP contribution in [0, 0.1) is 20.8 Å². The van der Waals surface area contributed by atoms with Gasteiger partial charge < -0.3 is 9.47 Å². The summed E-state index contributed by atoms with van der Waals surface area (Å²) in [5.74, 6) is 0.545. The van der Waals surface area contributed by atoms with Crippen LogP contribution in [0.5, 0.6) is 11.5 Å². The van der Waals surface area contributed by atoms with Crippen molar-refractivity contribution >= 4 is 27.8 Å². The number of methoxy groups -OCH3 is 2. The van der Waals surface area contributed by atoms with Gasteiger partial charge in [0.1, 0.15) is 18.0 Å². The molecule has 0 spiro atoms. The van der Waals surface area contributed by atoms with Crippen LogP contribution >= 0.6 is 0 Å². The Kier molecular flexibility index (Phi) is 8.14. The highest BCUT2D eigenvalue weighted by Crippen LogP contribution is 2.26. The van der Waals surface area contributed by atoms with Crippen LogP contribution in [0.15, 0.2) is 70.7 Å². The van der Waals surface area contributed by atoms with Gasteiger partial charge in [-0.1, -0.05) is 23.8 Å². The number of rotatable bonds is 9.